The predicted octanol–water partition coefficient (Wildman–Crippen LogP) is 3.52. The molecule has 2 aromatic carbocycles. The van der Waals surface area contributed by atoms with Crippen LogP contribution in [0.3, 0.4) is 0 Å². The maximum absolute atomic E-state index is 11.3. The highest BCUT2D eigenvalue weighted by atomic mass is 16.6. The first-order valence-corrected chi connectivity index (χ1v) is 7.75. The molecule has 5 nitrogen and oxygen atoms in total. The van der Waals surface area contributed by atoms with Crippen LogP contribution in [0.2, 0.25) is 0 Å². The largest absolute Gasteiger partial charge is 0.490 e. The first-order chi connectivity index (χ1) is 12.0. The molecule has 0 amide bonds. The van der Waals surface area contributed by atoms with Gasteiger partial charge in [-0.3, -0.25) is 0 Å². The molecule has 0 aliphatic rings. The second kappa shape index (κ2) is 8.68. The zero-order chi connectivity index (χ0) is 18.2. The maximum atomic E-state index is 11.3. The first kappa shape index (κ1) is 18.3. The molecule has 5 heteroatoms. The molecule has 0 aliphatic heterocycles. The van der Waals surface area contributed by atoms with Gasteiger partial charge in [-0.15, -0.1) is 0 Å². The van der Waals surface area contributed by atoms with E-state index in [1.807, 2.05) is 36.4 Å². The van der Waals surface area contributed by atoms with Crippen molar-refractivity contribution in [1.29, 1.82) is 0 Å². The van der Waals surface area contributed by atoms with Crippen molar-refractivity contribution in [2.24, 2.45) is 0 Å². The highest BCUT2D eigenvalue weighted by Crippen LogP contribution is 2.22. The lowest BCUT2D eigenvalue weighted by atomic mass is 10.1. The van der Waals surface area contributed by atoms with Gasteiger partial charge in [-0.05, 0) is 47.5 Å². The summed E-state index contributed by atoms with van der Waals surface area (Å²) in [6.07, 6.45) is 3.08. The molecule has 0 saturated carbocycles. The van der Waals surface area contributed by atoms with E-state index < -0.39 is 11.9 Å². The predicted molar refractivity (Wildman–Crippen MR) is 96.3 cm³/mol. The summed E-state index contributed by atoms with van der Waals surface area (Å²) in [5.74, 6) is -0.123. The number of esters is 2. The van der Waals surface area contributed by atoms with E-state index >= 15 is 0 Å². The molecule has 0 heterocycles. The SMILES string of the molecule is C=C(C)C(=O)OCCOc1ccc2cc(/C=C/C(=O)OC)ccc2c1. The quantitative estimate of drug-likeness (QED) is 0.438. The van der Waals surface area contributed by atoms with Crippen molar-refractivity contribution >= 4 is 28.8 Å². The molecule has 0 spiro atoms. The lowest BCUT2D eigenvalue weighted by Crippen LogP contribution is -2.12. The van der Waals surface area contributed by atoms with E-state index in [4.69, 9.17) is 9.47 Å². The number of fused-ring (bicyclic) bond motifs is 1. The van der Waals surface area contributed by atoms with Gasteiger partial charge in [-0.2, -0.15) is 0 Å². The van der Waals surface area contributed by atoms with Gasteiger partial charge in [0, 0.05) is 11.6 Å². The molecule has 0 radical (unpaired) electrons. The van der Waals surface area contributed by atoms with Crippen LogP contribution in [0, 0.1) is 0 Å². The van der Waals surface area contributed by atoms with E-state index in [0.717, 1.165) is 16.3 Å². The normalized spacial score (nSPS) is 10.6. The van der Waals surface area contributed by atoms with E-state index in [1.165, 1.54) is 13.2 Å². The third-order valence-corrected chi connectivity index (χ3v) is 3.38. The summed E-state index contributed by atoms with van der Waals surface area (Å²) in [7, 11) is 1.34. The standard InChI is InChI=1S/C20H20O5/c1-14(2)20(22)25-11-10-24-18-8-7-16-12-15(4-6-17(16)13-18)5-9-19(21)23-3/h4-9,12-13H,1,10-11H2,2-3H3/b9-5+. The molecule has 2 rings (SSSR count). The number of carbonyl (C=O) groups excluding carboxylic acids is 2. The average molecular weight is 340 g/mol. The molecule has 0 fully saturated rings. The third kappa shape index (κ3) is 5.49. The Bertz CT molecular complexity index is 820. The van der Waals surface area contributed by atoms with E-state index in [2.05, 4.69) is 11.3 Å². The molecule has 0 N–H and O–H groups in total. The molecule has 0 aliphatic carbocycles. The minimum absolute atomic E-state index is 0.168. The highest BCUT2D eigenvalue weighted by molar-refractivity contribution is 5.90. The van der Waals surface area contributed by atoms with Gasteiger partial charge in [0.05, 0.1) is 7.11 Å². The Balaban J connectivity index is 1.98. The van der Waals surface area contributed by atoms with Crippen LogP contribution >= 0.6 is 0 Å². The molecule has 0 unspecified atom stereocenters. The van der Waals surface area contributed by atoms with Gasteiger partial charge in [-0.1, -0.05) is 24.8 Å². The minimum atomic E-state index is -0.422. The summed E-state index contributed by atoms with van der Waals surface area (Å²) in [5, 5.41) is 2.03. The van der Waals surface area contributed by atoms with E-state index in [0.29, 0.717) is 11.3 Å². The van der Waals surface area contributed by atoms with Gasteiger partial charge in [0.25, 0.3) is 0 Å². The number of ether oxygens (including phenoxy) is 3. The summed E-state index contributed by atoms with van der Waals surface area (Å²) in [4.78, 5) is 22.4. The number of rotatable bonds is 7. The summed E-state index contributed by atoms with van der Waals surface area (Å²) in [5.41, 5.74) is 1.26. The molecule has 130 valence electrons. The summed E-state index contributed by atoms with van der Waals surface area (Å²) < 4.78 is 15.1. The zero-order valence-corrected chi connectivity index (χ0v) is 14.3. The van der Waals surface area contributed by atoms with E-state index in [1.54, 1.807) is 13.0 Å². The number of hydrogen-bond donors (Lipinski definition) is 0. The van der Waals surface area contributed by atoms with Crippen molar-refractivity contribution in [2.45, 2.75) is 6.92 Å². The van der Waals surface area contributed by atoms with E-state index in [9.17, 15) is 9.59 Å². The second-order valence-electron chi connectivity index (χ2n) is 5.39. The monoisotopic (exact) mass is 340 g/mol. The van der Waals surface area contributed by atoms with Gasteiger partial charge in [0.1, 0.15) is 19.0 Å². The maximum Gasteiger partial charge on any atom is 0.333 e. The van der Waals surface area contributed by atoms with Crippen LogP contribution in [0.4, 0.5) is 0 Å². The third-order valence-electron chi connectivity index (χ3n) is 3.38. The lowest BCUT2D eigenvalue weighted by Gasteiger charge is -2.08. The van der Waals surface area contributed by atoms with Crippen molar-refractivity contribution < 1.29 is 23.8 Å². The Labute approximate surface area is 146 Å². The van der Waals surface area contributed by atoms with Gasteiger partial charge in [0.15, 0.2) is 0 Å². The van der Waals surface area contributed by atoms with Gasteiger partial charge >= 0.3 is 11.9 Å². The Kier molecular flexibility index (Phi) is 6.34. The van der Waals surface area contributed by atoms with Crippen LogP contribution in [-0.2, 0) is 19.1 Å². The number of carbonyl (C=O) groups is 2. The van der Waals surface area contributed by atoms with Crippen molar-refractivity contribution in [3.63, 3.8) is 0 Å². The second-order valence-corrected chi connectivity index (χ2v) is 5.39. The molecule has 0 bridgehead atoms. The first-order valence-electron chi connectivity index (χ1n) is 7.75. The summed E-state index contributed by atoms with van der Waals surface area (Å²) in [6, 6.07) is 11.5. The van der Waals surface area contributed by atoms with Crippen LogP contribution in [-0.4, -0.2) is 32.3 Å². The van der Waals surface area contributed by atoms with Gasteiger partial charge in [0.2, 0.25) is 0 Å². The fraction of sp³-hybridized carbons (Fsp3) is 0.200. The van der Waals surface area contributed by atoms with Crippen LogP contribution in [0.5, 0.6) is 5.75 Å². The molecular formula is C20H20O5. The van der Waals surface area contributed by atoms with Crippen LogP contribution in [0.1, 0.15) is 12.5 Å². The van der Waals surface area contributed by atoms with Crippen molar-refractivity contribution in [3.8, 4) is 5.75 Å². The van der Waals surface area contributed by atoms with Crippen molar-refractivity contribution in [3.05, 3.63) is 60.2 Å². The Morgan fingerprint density at radius 1 is 1.08 bits per heavy atom. The van der Waals surface area contributed by atoms with E-state index in [-0.39, 0.29) is 13.2 Å². The average Bonchev–Trinajstić information content (AvgIpc) is 2.62. The Morgan fingerprint density at radius 2 is 1.80 bits per heavy atom. The van der Waals surface area contributed by atoms with Crippen LogP contribution in [0.15, 0.2) is 54.6 Å². The number of methoxy groups -OCH3 is 1. The van der Waals surface area contributed by atoms with Crippen molar-refractivity contribution in [1.82, 2.24) is 0 Å². The fourth-order valence-corrected chi connectivity index (χ4v) is 2.09. The lowest BCUT2D eigenvalue weighted by molar-refractivity contribution is -0.139. The molecule has 2 aromatic rings. The number of benzene rings is 2. The molecule has 25 heavy (non-hydrogen) atoms. The fourth-order valence-electron chi connectivity index (χ4n) is 2.09. The highest BCUT2D eigenvalue weighted by Gasteiger charge is 2.03. The van der Waals surface area contributed by atoms with Gasteiger partial charge in [-0.25, -0.2) is 9.59 Å². The van der Waals surface area contributed by atoms with Crippen LogP contribution < -0.4 is 4.74 Å². The molecular weight excluding hydrogens is 320 g/mol. The summed E-state index contributed by atoms with van der Waals surface area (Å²) >= 11 is 0. The van der Waals surface area contributed by atoms with Crippen molar-refractivity contribution in [2.75, 3.05) is 20.3 Å². The minimum Gasteiger partial charge on any atom is -0.490 e. The Hall–Kier alpha value is -3.08. The zero-order valence-electron chi connectivity index (χ0n) is 14.3. The number of hydrogen-bond acceptors (Lipinski definition) is 5. The Morgan fingerprint density at radius 3 is 2.52 bits per heavy atom. The smallest absolute Gasteiger partial charge is 0.333 e. The topological polar surface area (TPSA) is 61.8 Å². The molecule has 0 atom stereocenters. The summed E-state index contributed by atoms with van der Waals surface area (Å²) in [6.45, 7) is 5.55. The van der Waals surface area contributed by atoms with Crippen LogP contribution in [0.25, 0.3) is 16.8 Å². The molecule has 0 saturated heterocycles. The molecule has 0 aromatic heterocycles. The van der Waals surface area contributed by atoms with Gasteiger partial charge < -0.3 is 14.2 Å².